The van der Waals surface area contributed by atoms with Crippen molar-refractivity contribution in [2.75, 3.05) is 4.90 Å². The van der Waals surface area contributed by atoms with E-state index >= 15 is 0 Å². The number of nitrogens with zero attached hydrogens (tertiary/aromatic N) is 1. The summed E-state index contributed by atoms with van der Waals surface area (Å²) in [5.74, 6) is -0.0422. The molecule has 2 bridgehead atoms. The van der Waals surface area contributed by atoms with E-state index in [-0.39, 0.29) is 35.5 Å². The summed E-state index contributed by atoms with van der Waals surface area (Å²) in [6.07, 6.45) is 6.31. The van der Waals surface area contributed by atoms with E-state index < -0.39 is 0 Å². The van der Waals surface area contributed by atoms with Gasteiger partial charge in [-0.2, -0.15) is 0 Å². The summed E-state index contributed by atoms with van der Waals surface area (Å²) in [5, 5.41) is 2.35. The molecule has 0 spiro atoms. The topological polar surface area (TPSA) is 37.4 Å². The Bertz CT molecular complexity index is 887. The molecule has 120 valence electrons. The van der Waals surface area contributed by atoms with E-state index in [4.69, 9.17) is 11.6 Å². The fourth-order valence-electron chi connectivity index (χ4n) is 4.75. The predicted molar refractivity (Wildman–Crippen MR) is 93.8 cm³/mol. The van der Waals surface area contributed by atoms with Crippen molar-refractivity contribution in [3.05, 3.63) is 53.6 Å². The molecule has 4 atom stereocenters. The maximum Gasteiger partial charge on any atom is 0.238 e. The molecule has 2 aromatic rings. The van der Waals surface area contributed by atoms with Crippen molar-refractivity contribution in [2.24, 2.45) is 23.7 Å². The fraction of sp³-hybridized carbons (Fsp3) is 0.300. The van der Waals surface area contributed by atoms with Crippen molar-refractivity contribution < 1.29 is 9.59 Å². The highest BCUT2D eigenvalue weighted by molar-refractivity contribution is 6.36. The highest BCUT2D eigenvalue weighted by Crippen LogP contribution is 2.51. The molecule has 1 saturated heterocycles. The normalized spacial score (nSPS) is 31.1. The van der Waals surface area contributed by atoms with Gasteiger partial charge >= 0.3 is 0 Å². The Kier molecular flexibility index (Phi) is 2.93. The van der Waals surface area contributed by atoms with Gasteiger partial charge in [-0.25, -0.2) is 4.90 Å². The first kappa shape index (κ1) is 14.2. The second-order valence-corrected chi connectivity index (χ2v) is 7.37. The van der Waals surface area contributed by atoms with Gasteiger partial charge < -0.3 is 0 Å². The minimum atomic E-state index is -0.185. The number of hydrogen-bond acceptors (Lipinski definition) is 2. The molecule has 0 N–H and O–H groups in total. The highest BCUT2D eigenvalue weighted by atomic mass is 35.5. The Hall–Kier alpha value is -2.13. The average molecular weight is 338 g/mol. The molecule has 1 heterocycles. The third-order valence-corrected chi connectivity index (χ3v) is 6.18. The number of fused-ring (bicyclic) bond motifs is 2. The molecule has 0 radical (unpaired) electrons. The van der Waals surface area contributed by atoms with Crippen LogP contribution in [-0.2, 0) is 9.59 Å². The predicted octanol–water partition coefficient (Wildman–Crippen LogP) is 4.19. The van der Waals surface area contributed by atoms with Gasteiger partial charge in [0.25, 0.3) is 0 Å². The lowest BCUT2D eigenvalue weighted by molar-refractivity contribution is -0.124. The highest BCUT2D eigenvalue weighted by Gasteiger charge is 2.57. The zero-order chi connectivity index (χ0) is 16.4. The first-order chi connectivity index (χ1) is 11.7. The zero-order valence-electron chi connectivity index (χ0n) is 13.0. The average Bonchev–Trinajstić information content (AvgIpc) is 2.90. The first-order valence-electron chi connectivity index (χ1n) is 8.40. The lowest BCUT2D eigenvalue weighted by atomic mass is 9.63. The minimum Gasteiger partial charge on any atom is -0.274 e. The molecular formula is C20H16ClNO2. The summed E-state index contributed by atoms with van der Waals surface area (Å²) >= 11 is 6.29. The third kappa shape index (κ3) is 1.73. The van der Waals surface area contributed by atoms with Crippen molar-refractivity contribution in [1.82, 2.24) is 0 Å². The van der Waals surface area contributed by atoms with Gasteiger partial charge in [-0.05, 0) is 36.8 Å². The first-order valence-corrected chi connectivity index (χ1v) is 8.78. The molecule has 4 aliphatic rings. The molecule has 3 aliphatic carbocycles. The fourth-order valence-corrected chi connectivity index (χ4v) is 4.98. The second kappa shape index (κ2) is 4.93. The minimum absolute atomic E-state index is 0.0449. The van der Waals surface area contributed by atoms with Crippen LogP contribution in [0.1, 0.15) is 12.8 Å². The molecule has 2 aromatic carbocycles. The summed E-state index contributed by atoms with van der Waals surface area (Å²) in [5.41, 5.74) is 0.666. The van der Waals surface area contributed by atoms with Crippen molar-refractivity contribution in [3.8, 4) is 0 Å². The molecule has 6 rings (SSSR count). The largest absolute Gasteiger partial charge is 0.274 e. The van der Waals surface area contributed by atoms with Gasteiger partial charge in [-0.15, -0.1) is 0 Å². The molecule has 24 heavy (non-hydrogen) atoms. The number of amides is 2. The van der Waals surface area contributed by atoms with E-state index in [2.05, 4.69) is 12.2 Å². The molecule has 0 aromatic heterocycles. The number of rotatable bonds is 1. The van der Waals surface area contributed by atoms with E-state index in [0.717, 1.165) is 23.6 Å². The maximum atomic E-state index is 13.1. The molecule has 1 aliphatic heterocycles. The Morgan fingerprint density at radius 2 is 1.42 bits per heavy atom. The van der Waals surface area contributed by atoms with Gasteiger partial charge in [0, 0.05) is 15.8 Å². The summed E-state index contributed by atoms with van der Waals surface area (Å²) in [6, 6.07) is 11.2. The lowest BCUT2D eigenvalue weighted by Gasteiger charge is -2.38. The van der Waals surface area contributed by atoms with E-state index in [1.54, 1.807) is 12.1 Å². The van der Waals surface area contributed by atoms with Crippen LogP contribution >= 0.6 is 11.6 Å². The van der Waals surface area contributed by atoms with Crippen LogP contribution in [0.2, 0.25) is 5.02 Å². The Labute approximate surface area is 144 Å². The van der Waals surface area contributed by atoms with Crippen LogP contribution in [0.3, 0.4) is 0 Å². The molecule has 3 nitrogen and oxygen atoms in total. The van der Waals surface area contributed by atoms with Gasteiger partial charge in [-0.3, -0.25) is 9.59 Å². The van der Waals surface area contributed by atoms with Crippen molar-refractivity contribution in [2.45, 2.75) is 12.8 Å². The smallest absolute Gasteiger partial charge is 0.238 e. The van der Waals surface area contributed by atoms with Gasteiger partial charge in [0.2, 0.25) is 11.8 Å². The molecule has 2 fully saturated rings. The van der Waals surface area contributed by atoms with Crippen LogP contribution in [0.4, 0.5) is 5.69 Å². The zero-order valence-corrected chi connectivity index (χ0v) is 13.7. The van der Waals surface area contributed by atoms with Crippen LogP contribution in [0, 0.1) is 23.7 Å². The van der Waals surface area contributed by atoms with E-state index in [1.165, 1.54) is 4.90 Å². The Morgan fingerprint density at radius 3 is 2.00 bits per heavy atom. The number of imide groups is 1. The van der Waals surface area contributed by atoms with Crippen molar-refractivity contribution >= 4 is 39.9 Å². The van der Waals surface area contributed by atoms with E-state index in [9.17, 15) is 9.59 Å². The summed E-state index contributed by atoms with van der Waals surface area (Å²) < 4.78 is 0. The summed E-state index contributed by atoms with van der Waals surface area (Å²) in [7, 11) is 0. The molecule has 4 heteroatoms. The third-order valence-electron chi connectivity index (χ3n) is 5.85. The van der Waals surface area contributed by atoms with Crippen LogP contribution < -0.4 is 4.90 Å². The Balaban J connectivity index is 1.68. The van der Waals surface area contributed by atoms with Crippen LogP contribution in [0.5, 0.6) is 0 Å². The Morgan fingerprint density at radius 1 is 0.833 bits per heavy atom. The number of hydrogen-bond donors (Lipinski definition) is 0. The van der Waals surface area contributed by atoms with Crippen LogP contribution in [0.15, 0.2) is 48.6 Å². The van der Waals surface area contributed by atoms with Crippen LogP contribution in [-0.4, -0.2) is 11.8 Å². The van der Waals surface area contributed by atoms with Crippen molar-refractivity contribution in [3.63, 3.8) is 0 Å². The molecule has 0 unspecified atom stereocenters. The van der Waals surface area contributed by atoms with Gasteiger partial charge in [-0.1, -0.05) is 48.0 Å². The number of allylic oxidation sites excluding steroid dienone is 2. The molecular weight excluding hydrogens is 322 g/mol. The number of halogens is 1. The maximum absolute atomic E-state index is 13.1. The summed E-state index contributed by atoms with van der Waals surface area (Å²) in [4.78, 5) is 27.6. The van der Waals surface area contributed by atoms with E-state index in [0.29, 0.717) is 10.7 Å². The van der Waals surface area contributed by atoms with Gasteiger partial charge in [0.05, 0.1) is 17.5 Å². The van der Waals surface area contributed by atoms with Crippen LogP contribution in [0.25, 0.3) is 10.8 Å². The standard InChI is InChI=1S/C20H16ClNO2/c21-15-9-10-16(14-4-2-1-3-13(14)15)22-19(23)17-11-5-6-12(8-7-11)18(17)20(22)24/h1-6,9-12,17-18H,7-8H2/t11-,12+,17-,18+. The number of benzene rings is 2. The van der Waals surface area contributed by atoms with Gasteiger partial charge in [0.1, 0.15) is 0 Å². The monoisotopic (exact) mass is 337 g/mol. The molecule has 2 amide bonds. The number of carbonyl (C=O) groups excluding carboxylic acids is 2. The number of anilines is 1. The second-order valence-electron chi connectivity index (χ2n) is 6.97. The molecule has 1 saturated carbocycles. The quantitative estimate of drug-likeness (QED) is 0.578. The summed E-state index contributed by atoms with van der Waals surface area (Å²) in [6.45, 7) is 0. The SMILES string of the molecule is O=C1[C@@H]2[C@H](C(=O)N1c1ccc(Cl)c3ccccc13)[C@@H]1C=C[C@H]2CC1. The van der Waals surface area contributed by atoms with E-state index in [1.807, 2.05) is 24.3 Å². The number of carbonyl (C=O) groups is 2. The lowest BCUT2D eigenvalue weighted by Crippen LogP contribution is -2.38. The van der Waals surface area contributed by atoms with Gasteiger partial charge in [0.15, 0.2) is 0 Å². The van der Waals surface area contributed by atoms with Crippen molar-refractivity contribution in [1.29, 1.82) is 0 Å².